The molecule has 0 radical (unpaired) electrons. The van der Waals surface area contributed by atoms with Crippen LogP contribution < -0.4 is 5.32 Å². The van der Waals surface area contributed by atoms with E-state index >= 15 is 0 Å². The molecule has 4 nitrogen and oxygen atoms in total. The van der Waals surface area contributed by atoms with Gasteiger partial charge in [-0.05, 0) is 11.1 Å². The first-order valence-corrected chi connectivity index (χ1v) is 9.03. The molecule has 0 saturated carbocycles. The topological polar surface area (TPSA) is 55.4 Å². The van der Waals surface area contributed by atoms with Crippen LogP contribution in [0.1, 0.15) is 17.0 Å². The minimum atomic E-state index is -3.54. The molecule has 1 heterocycles. The Labute approximate surface area is 131 Å². The van der Waals surface area contributed by atoms with Crippen molar-refractivity contribution in [1.29, 1.82) is 0 Å². The van der Waals surface area contributed by atoms with Gasteiger partial charge in [0.15, 0.2) is 0 Å². The average molecular weight is 317 g/mol. The lowest BCUT2D eigenvalue weighted by Crippen LogP contribution is -2.65. The van der Waals surface area contributed by atoms with Gasteiger partial charge in [-0.25, -0.2) is 0 Å². The molecule has 1 aliphatic rings. The van der Waals surface area contributed by atoms with Gasteiger partial charge in [0.2, 0.25) is 0 Å². The first-order valence-electron chi connectivity index (χ1n) is 7.21. The van der Waals surface area contributed by atoms with E-state index in [4.69, 9.17) is 4.18 Å². The van der Waals surface area contributed by atoms with Crippen molar-refractivity contribution in [3.8, 4) is 0 Å². The zero-order chi connectivity index (χ0) is 15.6. The van der Waals surface area contributed by atoms with Crippen LogP contribution >= 0.6 is 0 Å². The quantitative estimate of drug-likeness (QED) is 0.859. The maximum absolute atomic E-state index is 11.8. The van der Waals surface area contributed by atoms with Crippen molar-refractivity contribution in [3.05, 3.63) is 71.8 Å². The summed E-state index contributed by atoms with van der Waals surface area (Å²) >= 11 is 0. The zero-order valence-corrected chi connectivity index (χ0v) is 13.2. The fraction of sp³-hybridized carbons (Fsp3) is 0.294. The van der Waals surface area contributed by atoms with E-state index in [0.29, 0.717) is 13.1 Å². The summed E-state index contributed by atoms with van der Waals surface area (Å²) in [5, 5.41) is 3.16. The van der Waals surface area contributed by atoms with E-state index in [-0.39, 0.29) is 5.92 Å². The van der Waals surface area contributed by atoms with Crippen LogP contribution in [0.3, 0.4) is 0 Å². The van der Waals surface area contributed by atoms with Crippen LogP contribution in [0.15, 0.2) is 60.7 Å². The van der Waals surface area contributed by atoms with E-state index < -0.39 is 15.7 Å². The van der Waals surface area contributed by atoms with Crippen LogP contribution in [0.5, 0.6) is 0 Å². The summed E-state index contributed by atoms with van der Waals surface area (Å²) in [6.45, 7) is 1.02. The van der Waals surface area contributed by atoms with Gasteiger partial charge in [0, 0.05) is 19.0 Å². The average Bonchev–Trinajstić information content (AvgIpc) is 2.46. The first-order chi connectivity index (χ1) is 10.5. The molecular formula is C17H19NO3S. The second-order valence-corrected chi connectivity index (χ2v) is 7.29. The van der Waals surface area contributed by atoms with E-state index in [1.807, 2.05) is 60.7 Å². The van der Waals surface area contributed by atoms with Crippen molar-refractivity contribution in [2.24, 2.45) is 0 Å². The molecule has 22 heavy (non-hydrogen) atoms. The van der Waals surface area contributed by atoms with Crippen molar-refractivity contribution in [1.82, 2.24) is 5.32 Å². The van der Waals surface area contributed by atoms with Gasteiger partial charge in [-0.3, -0.25) is 4.18 Å². The van der Waals surface area contributed by atoms with E-state index in [2.05, 4.69) is 5.32 Å². The molecule has 5 heteroatoms. The summed E-state index contributed by atoms with van der Waals surface area (Å²) in [5.41, 5.74) is 1.34. The Balaban J connectivity index is 2.09. The van der Waals surface area contributed by atoms with Crippen LogP contribution in [0.25, 0.3) is 0 Å². The third kappa shape index (κ3) is 3.06. The highest BCUT2D eigenvalue weighted by molar-refractivity contribution is 7.86. The molecule has 0 bridgehead atoms. The van der Waals surface area contributed by atoms with Gasteiger partial charge in [0.05, 0.1) is 6.26 Å². The second-order valence-electron chi connectivity index (χ2n) is 5.71. The van der Waals surface area contributed by atoms with Crippen molar-refractivity contribution in [3.63, 3.8) is 0 Å². The highest BCUT2D eigenvalue weighted by Gasteiger charge is 2.49. The van der Waals surface area contributed by atoms with Gasteiger partial charge < -0.3 is 5.32 Å². The molecule has 0 aromatic heterocycles. The largest absolute Gasteiger partial charge is 0.311 e. The van der Waals surface area contributed by atoms with Crippen molar-refractivity contribution >= 4 is 10.1 Å². The van der Waals surface area contributed by atoms with Crippen LogP contribution in [0.4, 0.5) is 0 Å². The maximum Gasteiger partial charge on any atom is 0.265 e. The van der Waals surface area contributed by atoms with Gasteiger partial charge in [0.1, 0.15) is 5.60 Å². The standard InChI is InChI=1S/C17H19NO3S/c1-22(19,20)21-17(12-18-13-17)16(14-8-4-2-5-9-14)15-10-6-3-7-11-15/h2-11,16,18H,12-13H2,1H3. The third-order valence-electron chi connectivity index (χ3n) is 3.96. The molecule has 0 atom stereocenters. The molecular weight excluding hydrogens is 298 g/mol. The summed E-state index contributed by atoms with van der Waals surface area (Å²) in [5.74, 6) is -0.133. The van der Waals surface area contributed by atoms with E-state index in [1.54, 1.807) is 0 Å². The van der Waals surface area contributed by atoms with Crippen LogP contribution in [-0.4, -0.2) is 33.4 Å². The Kier molecular flexibility index (Phi) is 4.04. The zero-order valence-electron chi connectivity index (χ0n) is 12.4. The summed E-state index contributed by atoms with van der Waals surface area (Å²) < 4.78 is 29.1. The molecule has 0 aliphatic carbocycles. The third-order valence-corrected chi connectivity index (χ3v) is 4.59. The summed E-state index contributed by atoms with van der Waals surface area (Å²) in [6, 6.07) is 19.8. The van der Waals surface area contributed by atoms with Crippen molar-refractivity contribution < 1.29 is 12.6 Å². The number of hydrogen-bond acceptors (Lipinski definition) is 4. The van der Waals surface area contributed by atoms with E-state index in [9.17, 15) is 8.42 Å². The minimum Gasteiger partial charge on any atom is -0.311 e. The molecule has 1 saturated heterocycles. The Morgan fingerprint density at radius 2 is 1.41 bits per heavy atom. The van der Waals surface area contributed by atoms with Gasteiger partial charge in [-0.1, -0.05) is 60.7 Å². The fourth-order valence-corrected chi connectivity index (χ4v) is 3.89. The van der Waals surface area contributed by atoms with Gasteiger partial charge >= 0.3 is 0 Å². The van der Waals surface area contributed by atoms with Crippen molar-refractivity contribution in [2.75, 3.05) is 19.3 Å². The number of benzene rings is 2. The lowest BCUT2D eigenvalue weighted by Gasteiger charge is -2.47. The predicted molar refractivity (Wildman–Crippen MR) is 86.3 cm³/mol. The maximum atomic E-state index is 11.8. The van der Waals surface area contributed by atoms with Crippen molar-refractivity contribution in [2.45, 2.75) is 11.5 Å². The molecule has 2 aromatic carbocycles. The number of rotatable bonds is 5. The lowest BCUT2D eigenvalue weighted by molar-refractivity contribution is 0.00829. The van der Waals surface area contributed by atoms with Gasteiger partial charge in [-0.2, -0.15) is 8.42 Å². The summed E-state index contributed by atoms with van der Waals surface area (Å²) in [6.07, 6.45) is 1.11. The van der Waals surface area contributed by atoms with Crippen LogP contribution in [0, 0.1) is 0 Å². The molecule has 2 aromatic rings. The van der Waals surface area contributed by atoms with Gasteiger partial charge in [0.25, 0.3) is 10.1 Å². The Hall–Kier alpha value is -1.69. The Morgan fingerprint density at radius 3 is 1.73 bits per heavy atom. The Bertz CT molecular complexity index is 686. The summed E-state index contributed by atoms with van der Waals surface area (Å²) in [4.78, 5) is 0. The summed E-state index contributed by atoms with van der Waals surface area (Å²) in [7, 11) is -3.54. The fourth-order valence-electron chi connectivity index (χ4n) is 3.07. The van der Waals surface area contributed by atoms with E-state index in [0.717, 1.165) is 17.4 Å². The molecule has 1 aliphatic heterocycles. The Morgan fingerprint density at radius 1 is 0.955 bits per heavy atom. The predicted octanol–water partition coefficient (Wildman–Crippen LogP) is 2.14. The second kappa shape index (κ2) is 5.83. The number of hydrogen-bond donors (Lipinski definition) is 1. The normalized spacial score (nSPS) is 17.2. The van der Waals surface area contributed by atoms with Gasteiger partial charge in [-0.15, -0.1) is 0 Å². The van der Waals surface area contributed by atoms with Crippen LogP contribution in [-0.2, 0) is 14.3 Å². The SMILES string of the molecule is CS(=O)(=O)OC1(C(c2ccccc2)c2ccccc2)CNC1. The molecule has 3 rings (SSSR count). The smallest absolute Gasteiger partial charge is 0.265 e. The highest BCUT2D eigenvalue weighted by atomic mass is 32.2. The highest BCUT2D eigenvalue weighted by Crippen LogP contribution is 2.40. The molecule has 0 unspecified atom stereocenters. The molecule has 0 spiro atoms. The lowest BCUT2D eigenvalue weighted by atomic mass is 9.74. The monoisotopic (exact) mass is 317 g/mol. The molecule has 116 valence electrons. The molecule has 0 amide bonds. The van der Waals surface area contributed by atoms with E-state index in [1.165, 1.54) is 0 Å². The minimum absolute atomic E-state index is 0.133. The molecule has 1 N–H and O–H groups in total. The molecule has 1 fully saturated rings. The first kappa shape index (κ1) is 15.2. The van der Waals surface area contributed by atoms with Crippen LogP contribution in [0.2, 0.25) is 0 Å². The number of nitrogens with one attached hydrogen (secondary N) is 1.